The Morgan fingerprint density at radius 2 is 1.71 bits per heavy atom. The number of hydrogen-bond donors (Lipinski definition) is 0. The van der Waals surface area contributed by atoms with Crippen molar-refractivity contribution in [3.05, 3.63) is 58.1 Å². The molecule has 0 saturated carbocycles. The van der Waals surface area contributed by atoms with Crippen molar-refractivity contribution in [1.29, 1.82) is 0 Å². The van der Waals surface area contributed by atoms with E-state index < -0.39 is 27.8 Å². The predicted octanol–water partition coefficient (Wildman–Crippen LogP) is 5.14. The minimum atomic E-state index is -5.68. The molecular formula is C22H25F3O5S. The van der Waals surface area contributed by atoms with Gasteiger partial charge >= 0.3 is 15.6 Å². The maximum Gasteiger partial charge on any atom is 0.523 e. The summed E-state index contributed by atoms with van der Waals surface area (Å²) < 4.78 is 76.7. The quantitative estimate of drug-likeness (QED) is 0.443. The van der Waals surface area contributed by atoms with Crippen LogP contribution in [0.5, 0.6) is 11.5 Å². The van der Waals surface area contributed by atoms with Crippen molar-refractivity contribution in [3.8, 4) is 11.5 Å². The number of hydrogen-bond acceptors (Lipinski definition) is 5. The third kappa shape index (κ3) is 4.82. The molecule has 2 aromatic carbocycles. The summed E-state index contributed by atoms with van der Waals surface area (Å²) in [6.45, 7) is 6.89. The van der Waals surface area contributed by atoms with Crippen molar-refractivity contribution in [3.63, 3.8) is 0 Å². The summed E-state index contributed by atoms with van der Waals surface area (Å²) >= 11 is 0. The van der Waals surface area contributed by atoms with E-state index in [9.17, 15) is 21.6 Å². The zero-order valence-corrected chi connectivity index (χ0v) is 18.6. The van der Waals surface area contributed by atoms with Gasteiger partial charge in [0.2, 0.25) is 0 Å². The molecule has 170 valence electrons. The maximum atomic E-state index is 12.6. The first kappa shape index (κ1) is 23.4. The molecule has 0 unspecified atom stereocenters. The number of alkyl halides is 3. The molecule has 1 atom stereocenters. The molecule has 0 fully saturated rings. The molecule has 1 aliphatic rings. The number of benzene rings is 2. The molecule has 0 spiro atoms. The van der Waals surface area contributed by atoms with E-state index in [0.29, 0.717) is 25.2 Å². The average Bonchev–Trinajstić information content (AvgIpc) is 2.71. The van der Waals surface area contributed by atoms with Gasteiger partial charge in [0.15, 0.2) is 0 Å². The molecule has 31 heavy (non-hydrogen) atoms. The fourth-order valence-electron chi connectivity index (χ4n) is 3.60. The minimum absolute atomic E-state index is 0.300. The molecule has 3 rings (SSSR count). The lowest BCUT2D eigenvalue weighted by Gasteiger charge is -2.37. The van der Waals surface area contributed by atoms with Gasteiger partial charge in [-0.15, -0.1) is 0 Å². The van der Waals surface area contributed by atoms with E-state index in [1.165, 1.54) is 0 Å². The molecule has 5 nitrogen and oxygen atoms in total. The molecule has 0 bridgehead atoms. The molecule has 1 aliphatic heterocycles. The largest absolute Gasteiger partial charge is 0.523 e. The lowest BCUT2D eigenvalue weighted by molar-refractivity contribution is -0.0606. The normalized spacial score (nSPS) is 18.9. The number of ether oxygens (including phenoxy) is 2. The van der Waals surface area contributed by atoms with Crippen molar-refractivity contribution in [1.82, 2.24) is 0 Å². The van der Waals surface area contributed by atoms with Crippen molar-refractivity contribution in [2.45, 2.75) is 58.3 Å². The summed E-state index contributed by atoms with van der Waals surface area (Å²) in [5.41, 5.74) is -2.18. The Balaban J connectivity index is 1.83. The fourth-order valence-corrected chi connectivity index (χ4v) is 4.14. The van der Waals surface area contributed by atoms with E-state index in [2.05, 4.69) is 4.18 Å². The van der Waals surface area contributed by atoms with Crippen LogP contribution in [-0.4, -0.2) is 26.1 Å². The van der Waals surface area contributed by atoms with Gasteiger partial charge in [-0.1, -0.05) is 30.3 Å². The topological polar surface area (TPSA) is 61.8 Å². The van der Waals surface area contributed by atoms with Gasteiger partial charge in [-0.3, -0.25) is 4.18 Å². The summed E-state index contributed by atoms with van der Waals surface area (Å²) in [7, 11) is -5.68. The summed E-state index contributed by atoms with van der Waals surface area (Å²) in [4.78, 5) is 0. The Hall–Kier alpha value is -2.26. The molecule has 0 aliphatic carbocycles. The summed E-state index contributed by atoms with van der Waals surface area (Å²) in [5, 5.41) is 0. The Bertz CT molecular complexity index is 1070. The predicted molar refractivity (Wildman–Crippen MR) is 110 cm³/mol. The Labute approximate surface area is 180 Å². The molecular weight excluding hydrogens is 433 g/mol. The fraction of sp³-hybridized carbons (Fsp3) is 0.455. The Morgan fingerprint density at radius 3 is 2.32 bits per heavy atom. The second-order valence-corrected chi connectivity index (χ2v) is 9.61. The summed E-state index contributed by atoms with van der Waals surface area (Å²) in [6, 6.07) is 9.75. The molecule has 0 amide bonds. The molecule has 9 heteroatoms. The van der Waals surface area contributed by atoms with E-state index in [-0.39, 0.29) is 0 Å². The molecule has 0 aromatic heterocycles. The van der Waals surface area contributed by atoms with Gasteiger partial charge in [0, 0.05) is 5.56 Å². The monoisotopic (exact) mass is 458 g/mol. The first-order valence-electron chi connectivity index (χ1n) is 9.79. The van der Waals surface area contributed by atoms with Gasteiger partial charge < -0.3 is 9.47 Å². The lowest BCUT2D eigenvalue weighted by Crippen LogP contribution is -2.43. The Kier molecular flexibility index (Phi) is 6.30. The molecule has 2 aromatic rings. The van der Waals surface area contributed by atoms with Gasteiger partial charge in [-0.2, -0.15) is 21.6 Å². The highest BCUT2D eigenvalue weighted by Crippen LogP contribution is 2.44. The van der Waals surface area contributed by atoms with E-state index in [0.717, 1.165) is 33.6 Å². The highest BCUT2D eigenvalue weighted by atomic mass is 32.2. The van der Waals surface area contributed by atoms with Crippen LogP contribution in [0.1, 0.15) is 41.2 Å². The standard InChI is InChI=1S/C22H25F3O5S/c1-14-15(2)20-18(16(3)19(14)28-12-17-8-6-5-7-9-17)10-11-21(4,30-20)13-29-31(26,27)22(23,24)25/h5-9H,10-13H2,1-4H3/t21-/m1/s1. The third-order valence-electron chi connectivity index (χ3n) is 5.59. The molecule has 0 saturated heterocycles. The first-order chi connectivity index (χ1) is 14.3. The van der Waals surface area contributed by atoms with E-state index >= 15 is 0 Å². The SMILES string of the molecule is Cc1c(C)c2c(c(C)c1OCc1ccccc1)CC[C@](C)(COS(=O)(=O)C(F)(F)F)O2. The highest BCUT2D eigenvalue weighted by Gasteiger charge is 2.49. The van der Waals surface area contributed by atoms with Gasteiger partial charge in [-0.05, 0) is 62.8 Å². The number of fused-ring (bicyclic) bond motifs is 1. The van der Waals surface area contributed by atoms with Crippen LogP contribution in [0.25, 0.3) is 0 Å². The lowest BCUT2D eigenvalue weighted by atomic mass is 9.87. The van der Waals surface area contributed by atoms with Crippen LogP contribution in [0.2, 0.25) is 0 Å². The van der Waals surface area contributed by atoms with Crippen molar-refractivity contribution in [2.24, 2.45) is 0 Å². The van der Waals surface area contributed by atoms with Crippen LogP contribution < -0.4 is 9.47 Å². The smallest absolute Gasteiger partial charge is 0.488 e. The molecule has 0 radical (unpaired) electrons. The maximum absolute atomic E-state index is 12.6. The zero-order valence-electron chi connectivity index (χ0n) is 17.8. The van der Waals surface area contributed by atoms with Crippen molar-refractivity contribution >= 4 is 10.1 Å². The van der Waals surface area contributed by atoms with Gasteiger partial charge in [0.05, 0.1) is 0 Å². The average molecular weight is 458 g/mol. The van der Waals surface area contributed by atoms with Crippen LogP contribution in [0.4, 0.5) is 13.2 Å². The van der Waals surface area contributed by atoms with Crippen LogP contribution in [0.15, 0.2) is 30.3 Å². The third-order valence-corrected chi connectivity index (χ3v) is 6.59. The summed E-state index contributed by atoms with van der Waals surface area (Å²) in [5.74, 6) is 1.30. The summed E-state index contributed by atoms with van der Waals surface area (Å²) in [6.07, 6.45) is 0.796. The van der Waals surface area contributed by atoms with Crippen molar-refractivity contribution in [2.75, 3.05) is 6.61 Å². The van der Waals surface area contributed by atoms with E-state index in [1.807, 2.05) is 51.1 Å². The first-order valence-corrected chi connectivity index (χ1v) is 11.2. The van der Waals surface area contributed by atoms with Crippen LogP contribution in [-0.2, 0) is 27.3 Å². The van der Waals surface area contributed by atoms with Gasteiger partial charge in [0.25, 0.3) is 0 Å². The number of rotatable bonds is 6. The highest BCUT2D eigenvalue weighted by molar-refractivity contribution is 7.87. The van der Waals surface area contributed by atoms with E-state index in [4.69, 9.17) is 9.47 Å². The van der Waals surface area contributed by atoms with E-state index in [1.54, 1.807) is 6.92 Å². The molecule has 0 N–H and O–H groups in total. The van der Waals surface area contributed by atoms with Crippen molar-refractivity contribution < 1.29 is 35.2 Å². The minimum Gasteiger partial charge on any atom is -0.488 e. The van der Waals surface area contributed by atoms with Crippen LogP contribution in [0.3, 0.4) is 0 Å². The zero-order chi connectivity index (χ0) is 23.0. The number of halogens is 3. The van der Waals surface area contributed by atoms with Gasteiger partial charge in [0.1, 0.15) is 30.3 Å². The second kappa shape index (κ2) is 8.35. The van der Waals surface area contributed by atoms with Gasteiger partial charge in [-0.25, -0.2) is 0 Å². The second-order valence-electron chi connectivity index (χ2n) is 8.00. The van der Waals surface area contributed by atoms with Crippen LogP contribution in [0, 0.1) is 20.8 Å². The Morgan fingerprint density at radius 1 is 1.06 bits per heavy atom. The van der Waals surface area contributed by atoms with Crippen LogP contribution >= 0.6 is 0 Å². The molecule has 1 heterocycles.